The number of hydrogen-bond acceptors (Lipinski definition) is 12. The third kappa shape index (κ3) is 6.65. The molecule has 2 saturated carbocycles. The molecule has 0 aromatic carbocycles. The van der Waals surface area contributed by atoms with Crippen LogP contribution in [0.15, 0.2) is 23.8 Å². The highest BCUT2D eigenvalue weighted by Gasteiger charge is 2.66. The quantitative estimate of drug-likeness (QED) is 0.160. The van der Waals surface area contributed by atoms with E-state index in [4.69, 9.17) is 18.9 Å². The summed E-state index contributed by atoms with van der Waals surface area (Å²) in [6, 6.07) is 0. The molecule has 2 heterocycles. The van der Waals surface area contributed by atoms with Crippen LogP contribution in [0.25, 0.3) is 0 Å². The van der Waals surface area contributed by atoms with Gasteiger partial charge in [-0.25, -0.2) is 0 Å². The van der Waals surface area contributed by atoms with Gasteiger partial charge in [-0.1, -0.05) is 59.8 Å². The number of Topliss-reactive ketones (excluding diaryl/α,β-unsaturated/α-hetero) is 1. The van der Waals surface area contributed by atoms with Crippen LogP contribution in [0.4, 0.5) is 0 Å². The van der Waals surface area contributed by atoms with E-state index in [1.165, 1.54) is 0 Å². The number of allylic oxidation sites excluding steroid dienone is 3. The van der Waals surface area contributed by atoms with Crippen LogP contribution < -0.4 is 0 Å². The fourth-order valence-corrected chi connectivity index (χ4v) is 11.7. The third-order valence-electron chi connectivity index (χ3n) is 15.7. The summed E-state index contributed by atoms with van der Waals surface area (Å²) in [6.45, 7) is 14.1. The second kappa shape index (κ2) is 14.9. The van der Waals surface area contributed by atoms with E-state index in [9.17, 15) is 45.3 Å². The minimum absolute atomic E-state index is 0.0797. The molecule has 306 valence electrons. The highest BCUT2D eigenvalue weighted by Crippen LogP contribution is 2.72. The number of hydrogen-bond donors (Lipinski definition) is 7. The minimum atomic E-state index is -1.70. The first-order chi connectivity index (χ1) is 25.2. The molecule has 0 amide bonds. The molecule has 0 aromatic rings. The largest absolute Gasteiger partial charge is 0.481 e. The number of ketones is 1. The van der Waals surface area contributed by atoms with Crippen molar-refractivity contribution in [3.8, 4) is 0 Å². The Morgan fingerprint density at radius 2 is 1.61 bits per heavy atom. The van der Waals surface area contributed by atoms with Crippen molar-refractivity contribution in [1.82, 2.24) is 0 Å². The highest BCUT2D eigenvalue weighted by atomic mass is 16.7. The molecule has 0 bridgehead atoms. The number of aliphatic carboxylic acids is 1. The number of aliphatic hydroxyl groups is 6. The molecule has 2 saturated heterocycles. The first kappa shape index (κ1) is 41.8. The number of rotatable bonds is 10. The maximum atomic E-state index is 12.8. The Morgan fingerprint density at radius 3 is 2.26 bits per heavy atom. The van der Waals surface area contributed by atoms with Crippen LogP contribution in [0.5, 0.6) is 0 Å². The van der Waals surface area contributed by atoms with Gasteiger partial charge in [-0.15, -0.1) is 0 Å². The Morgan fingerprint density at radius 1 is 0.907 bits per heavy atom. The van der Waals surface area contributed by atoms with Gasteiger partial charge >= 0.3 is 5.97 Å². The average molecular weight is 765 g/mol. The average Bonchev–Trinajstić information content (AvgIpc) is 3.11. The van der Waals surface area contributed by atoms with Gasteiger partial charge in [0.25, 0.3) is 0 Å². The van der Waals surface area contributed by atoms with Crippen molar-refractivity contribution in [2.75, 3.05) is 13.2 Å². The van der Waals surface area contributed by atoms with Gasteiger partial charge in [0.15, 0.2) is 12.6 Å². The highest BCUT2D eigenvalue weighted by molar-refractivity contribution is 5.79. The number of carboxylic acid groups (broad SMARTS) is 1. The summed E-state index contributed by atoms with van der Waals surface area (Å²) in [6.07, 6.45) is -1.09. The van der Waals surface area contributed by atoms with Crippen molar-refractivity contribution in [3.05, 3.63) is 23.8 Å². The summed E-state index contributed by atoms with van der Waals surface area (Å²) in [5, 5.41) is 73.2. The number of carboxylic acids is 1. The van der Waals surface area contributed by atoms with Gasteiger partial charge < -0.3 is 54.7 Å². The summed E-state index contributed by atoms with van der Waals surface area (Å²) in [5.74, 6) is -0.457. The molecule has 6 aliphatic rings. The Labute approximate surface area is 318 Å². The normalized spacial score (nSPS) is 49.2. The van der Waals surface area contributed by atoms with Crippen molar-refractivity contribution in [2.45, 2.75) is 161 Å². The van der Waals surface area contributed by atoms with E-state index in [2.05, 4.69) is 46.8 Å². The second-order valence-corrected chi connectivity index (χ2v) is 18.8. The molecule has 54 heavy (non-hydrogen) atoms. The van der Waals surface area contributed by atoms with E-state index in [0.29, 0.717) is 25.7 Å². The molecule has 13 heteroatoms. The SMILES string of the molecule is CC(=O)[C@@H](C)CC[C@]1(C(=O)O)C=C2C=C[C@@H]3[C@]4(C)CC[C@@H](O[C@H]5OC[C@H](O)[C@@H](O[C@H]6O[C@@H](CO)[C@H](O)[C@@H](O)[C@@H]6O)[C@@H]5O)C(C)(C)[C@H]4CC[C@]3(C)[C@]2(C)CC1. The molecule has 7 N–H and O–H groups in total. The Bertz CT molecular complexity index is 1480. The van der Waals surface area contributed by atoms with Crippen LogP contribution in [0, 0.1) is 44.8 Å². The maximum absolute atomic E-state index is 12.8. The van der Waals surface area contributed by atoms with Crippen LogP contribution >= 0.6 is 0 Å². The van der Waals surface area contributed by atoms with Crippen molar-refractivity contribution in [3.63, 3.8) is 0 Å². The van der Waals surface area contributed by atoms with E-state index in [1.54, 1.807) is 6.92 Å². The van der Waals surface area contributed by atoms with Gasteiger partial charge in [0.2, 0.25) is 0 Å². The van der Waals surface area contributed by atoms with Crippen LogP contribution in [0.3, 0.4) is 0 Å². The summed E-state index contributed by atoms with van der Waals surface area (Å²) < 4.78 is 23.7. The molecule has 0 spiro atoms. The zero-order chi connectivity index (χ0) is 39.8. The fourth-order valence-electron chi connectivity index (χ4n) is 11.7. The van der Waals surface area contributed by atoms with E-state index < -0.39 is 73.3 Å². The van der Waals surface area contributed by atoms with Crippen molar-refractivity contribution in [2.24, 2.45) is 44.8 Å². The zero-order valence-electron chi connectivity index (χ0n) is 32.9. The summed E-state index contributed by atoms with van der Waals surface area (Å²) in [7, 11) is 0. The predicted molar refractivity (Wildman–Crippen MR) is 194 cm³/mol. The van der Waals surface area contributed by atoms with Gasteiger partial charge in [0, 0.05) is 5.92 Å². The van der Waals surface area contributed by atoms with E-state index in [-0.39, 0.29) is 57.9 Å². The molecule has 0 radical (unpaired) electrons. The second-order valence-electron chi connectivity index (χ2n) is 18.8. The fraction of sp³-hybridized carbons (Fsp3) is 0.854. The standard InChI is InChI=1S/C41H64O13/c1-21(22(2)43)10-15-41(36(49)50)17-16-39(6)23(18-41)8-9-27-38(5)13-12-28(37(3,4)26(38)11-14-40(27,39)7)53-34-32(48)33(24(44)20-51-34)54-35-31(47)30(46)29(45)25(19-42)52-35/h8-9,18,21,24-35,42,44-48H,10-17,19-20H2,1-7H3,(H,49,50)/t21-,24-,25-,26+,27+,28+,29-,30+,31-,32-,33+,34+,35+,38+,39+,40-,41+/m0/s1. The number of carbonyl (C=O) groups is 2. The maximum Gasteiger partial charge on any atom is 0.313 e. The molecule has 17 atom stereocenters. The van der Waals surface area contributed by atoms with Crippen LogP contribution in [-0.2, 0) is 28.5 Å². The molecule has 4 aliphatic carbocycles. The molecule has 6 rings (SSSR count). The zero-order valence-corrected chi connectivity index (χ0v) is 32.9. The Balaban J connectivity index is 1.19. The summed E-state index contributed by atoms with van der Waals surface area (Å²) in [4.78, 5) is 24.8. The van der Waals surface area contributed by atoms with Crippen molar-refractivity contribution >= 4 is 11.8 Å². The smallest absolute Gasteiger partial charge is 0.313 e. The number of carbonyl (C=O) groups excluding carboxylic acids is 1. The van der Waals surface area contributed by atoms with Crippen molar-refractivity contribution in [1.29, 1.82) is 0 Å². The molecule has 2 aliphatic heterocycles. The van der Waals surface area contributed by atoms with Crippen LogP contribution in [0.2, 0.25) is 0 Å². The lowest BCUT2D eigenvalue weighted by atomic mass is 9.36. The first-order valence-electron chi connectivity index (χ1n) is 19.9. The minimum Gasteiger partial charge on any atom is -0.481 e. The molecule has 13 nitrogen and oxygen atoms in total. The molecular formula is C41H64O13. The molecule has 0 aromatic heterocycles. The predicted octanol–water partition coefficient (Wildman–Crippen LogP) is 2.87. The lowest BCUT2D eigenvalue weighted by Crippen LogP contribution is -2.64. The van der Waals surface area contributed by atoms with Gasteiger partial charge in [-0.3, -0.25) is 9.59 Å². The summed E-state index contributed by atoms with van der Waals surface area (Å²) >= 11 is 0. The summed E-state index contributed by atoms with van der Waals surface area (Å²) in [5.41, 5.74) is -0.699. The molecular weight excluding hydrogens is 700 g/mol. The lowest BCUT2D eigenvalue weighted by Gasteiger charge is -2.69. The number of ether oxygens (including phenoxy) is 4. The molecule has 4 fully saturated rings. The van der Waals surface area contributed by atoms with Crippen LogP contribution in [-0.4, -0.2) is 122 Å². The van der Waals surface area contributed by atoms with Crippen LogP contribution in [0.1, 0.15) is 99.8 Å². The Kier molecular flexibility index (Phi) is 11.5. The van der Waals surface area contributed by atoms with Gasteiger partial charge in [0.1, 0.15) is 48.5 Å². The van der Waals surface area contributed by atoms with E-state index in [0.717, 1.165) is 31.3 Å². The topological polar surface area (TPSA) is 213 Å². The monoisotopic (exact) mass is 764 g/mol. The first-order valence-corrected chi connectivity index (χ1v) is 19.9. The lowest BCUT2D eigenvalue weighted by molar-refractivity contribution is -0.356. The van der Waals surface area contributed by atoms with Gasteiger partial charge in [0.05, 0.1) is 24.7 Å². The van der Waals surface area contributed by atoms with Gasteiger partial charge in [-0.05, 0) is 97.4 Å². The number of aliphatic hydroxyl groups excluding tert-OH is 6. The van der Waals surface area contributed by atoms with E-state index >= 15 is 0 Å². The third-order valence-corrected chi connectivity index (χ3v) is 15.7. The Hall–Kier alpha value is -1.78. The van der Waals surface area contributed by atoms with Gasteiger partial charge in [-0.2, -0.15) is 0 Å². The molecule has 0 unspecified atom stereocenters. The van der Waals surface area contributed by atoms with Crippen molar-refractivity contribution < 1.29 is 64.3 Å². The van der Waals surface area contributed by atoms with E-state index in [1.807, 2.05) is 13.0 Å². The number of fused-ring (bicyclic) bond motifs is 5.